The number of hydrogen-bond acceptors (Lipinski definition) is 3. The molecule has 0 aliphatic carbocycles. The number of nitrogens with one attached hydrogen (secondary N) is 1. The Labute approximate surface area is 320 Å². The number of phenols is 1. The second kappa shape index (κ2) is 25.7. The number of benzene rings is 2. The maximum absolute atomic E-state index is 9.49. The van der Waals surface area contributed by atoms with Crippen molar-refractivity contribution in [1.29, 1.82) is 0 Å². The van der Waals surface area contributed by atoms with E-state index in [0.29, 0.717) is 5.75 Å². The van der Waals surface area contributed by atoms with Gasteiger partial charge in [0.2, 0.25) is 0 Å². The average molecular weight is 812 g/mol. The van der Waals surface area contributed by atoms with Crippen LogP contribution in [0.4, 0.5) is 0 Å². The molecule has 0 fully saturated rings. The summed E-state index contributed by atoms with van der Waals surface area (Å²) < 4.78 is 0. The molecule has 3 rings (SSSR count). The minimum atomic E-state index is 0. The molecule has 4 nitrogen and oxygen atoms in total. The van der Waals surface area contributed by atoms with E-state index >= 15 is 0 Å². The Morgan fingerprint density at radius 1 is 0.938 bits per heavy atom. The van der Waals surface area contributed by atoms with E-state index in [9.17, 15) is 5.11 Å². The van der Waals surface area contributed by atoms with Crippen LogP contribution in [-0.4, -0.2) is 16.1 Å². The Morgan fingerprint density at radius 3 is 2.00 bits per heavy atom. The van der Waals surface area contributed by atoms with E-state index in [4.69, 9.17) is 11.5 Å². The number of rotatable bonds is 4. The number of fused-ring (bicyclic) bond motifs is 1. The molecule has 0 bridgehead atoms. The number of aryl methyl sites for hydroxylation is 1. The molecule has 1 aromatic heterocycles. The molecule has 0 saturated heterocycles. The van der Waals surface area contributed by atoms with Crippen LogP contribution >= 0.6 is 0 Å². The molecule has 32 heavy (non-hydrogen) atoms. The Morgan fingerprint density at radius 2 is 1.50 bits per heavy atom. The van der Waals surface area contributed by atoms with Crippen LogP contribution < -0.4 is 11.5 Å². The van der Waals surface area contributed by atoms with Gasteiger partial charge in [0.25, 0.3) is 0 Å². The number of aromatic amines is 1. The summed E-state index contributed by atoms with van der Waals surface area (Å²) in [4.78, 5) is 3.17. The van der Waals surface area contributed by atoms with Gasteiger partial charge in [0.1, 0.15) is 5.75 Å². The largest absolute Gasteiger partial charge is 0.508 e. The van der Waals surface area contributed by atoms with E-state index in [1.54, 1.807) is 12.6 Å². The molecule has 1 heterocycles. The third-order valence-electron chi connectivity index (χ3n) is 4.44. The van der Waals surface area contributed by atoms with Gasteiger partial charge in [0.05, 0.1) is 0 Å². The van der Waals surface area contributed by atoms with Crippen LogP contribution in [-0.2, 0) is 164 Å². The van der Waals surface area contributed by atoms with Crippen molar-refractivity contribution in [2.24, 2.45) is 11.5 Å². The number of aromatic hydroxyl groups is 1. The molecule has 163 valence electrons. The summed E-state index contributed by atoms with van der Waals surface area (Å²) in [6.45, 7) is 11.5. The number of aromatic nitrogens is 1. The first-order valence-corrected chi connectivity index (χ1v) is 9.43. The van der Waals surface area contributed by atoms with Crippen molar-refractivity contribution < 1.29 is 169 Å². The summed E-state index contributed by atoms with van der Waals surface area (Å²) in [7, 11) is 0. The summed E-state index contributed by atoms with van der Waals surface area (Å²) in [5, 5.41) is 10.7. The third kappa shape index (κ3) is 15.4. The Balaban J connectivity index is -0.000000123. The van der Waals surface area contributed by atoms with Crippen LogP contribution in [0.15, 0.2) is 48.7 Å². The van der Waals surface area contributed by atoms with Gasteiger partial charge in [-0.25, -0.2) is 0 Å². The molecular weight excluding hydrogens is 779 g/mol. The van der Waals surface area contributed by atoms with E-state index in [2.05, 4.69) is 18.0 Å². The fourth-order valence-electron chi connectivity index (χ4n) is 2.55. The first-order chi connectivity index (χ1) is 12.9. The predicted molar refractivity (Wildman–Crippen MR) is 116 cm³/mol. The molecule has 0 spiro atoms. The van der Waals surface area contributed by atoms with Gasteiger partial charge in [-0.05, 0) is 42.5 Å². The molecule has 2 atom stereocenters. The van der Waals surface area contributed by atoms with E-state index in [1.807, 2.05) is 70.6 Å². The third-order valence-corrected chi connectivity index (χ3v) is 4.44. The maximum atomic E-state index is 9.49. The topological polar surface area (TPSA) is 88.1 Å². The van der Waals surface area contributed by atoms with Gasteiger partial charge in [-0.3, -0.25) is 0 Å². The van der Waals surface area contributed by atoms with Crippen molar-refractivity contribution in [1.82, 2.24) is 4.98 Å². The van der Waals surface area contributed by atoms with Crippen molar-refractivity contribution in [3.05, 3.63) is 78.3 Å². The van der Waals surface area contributed by atoms with Gasteiger partial charge >= 0.3 is 0 Å². The van der Waals surface area contributed by atoms with Crippen LogP contribution in [0.3, 0.4) is 0 Å². The minimum Gasteiger partial charge on any atom is -0.508 e. The smallest absolute Gasteiger partial charge is 0.118 e. The van der Waals surface area contributed by atoms with Gasteiger partial charge in [-0.2, -0.15) is 5.56 Å². The van der Waals surface area contributed by atoms with E-state index < -0.39 is 0 Å². The molecule has 0 amide bonds. The van der Waals surface area contributed by atoms with Crippen LogP contribution in [0.1, 0.15) is 50.3 Å². The number of H-pyrrole nitrogens is 1. The molecule has 0 saturated carbocycles. The van der Waals surface area contributed by atoms with Crippen molar-refractivity contribution in [2.45, 2.75) is 46.6 Å². The van der Waals surface area contributed by atoms with Crippen LogP contribution in [0.2, 0.25) is 0 Å². The van der Waals surface area contributed by atoms with Gasteiger partial charge in [0, 0.05) is 170 Å². The fourth-order valence-corrected chi connectivity index (χ4v) is 2.55. The Kier molecular flexibility index (Phi) is 36.2. The zero-order chi connectivity index (χ0) is 20.4. The molecule has 6 N–H and O–H groups in total. The SMILES string of the molecule is CC.Cc1ccc(C(C)C(C)N)cc1O.N[CH-][CH-]c1c[nH]c2ccccc12.[Y].[Y].[Y].[Y].[Y]. The number of nitrogens with two attached hydrogens (primary N) is 2. The second-order valence-corrected chi connectivity index (χ2v) is 6.34. The second-order valence-electron chi connectivity index (χ2n) is 6.34. The van der Waals surface area contributed by atoms with Gasteiger partial charge in [0.15, 0.2) is 0 Å². The van der Waals surface area contributed by atoms with E-state index in [1.165, 1.54) is 5.39 Å². The van der Waals surface area contributed by atoms with Crippen molar-refractivity contribution in [2.75, 3.05) is 0 Å². The summed E-state index contributed by atoms with van der Waals surface area (Å²) in [5.74, 6) is 0.636. The van der Waals surface area contributed by atoms with Crippen molar-refractivity contribution in [3.63, 3.8) is 0 Å². The molecule has 0 aliphatic rings. The Bertz CT molecular complexity index is 828. The van der Waals surface area contributed by atoms with Gasteiger partial charge in [-0.1, -0.05) is 51.1 Å². The zero-order valence-electron chi connectivity index (χ0n) is 19.9. The van der Waals surface area contributed by atoms with E-state index in [0.717, 1.165) is 22.2 Å². The van der Waals surface area contributed by atoms with E-state index in [-0.39, 0.29) is 176 Å². The summed E-state index contributed by atoms with van der Waals surface area (Å²) in [6.07, 6.45) is 3.84. The molecule has 2 aromatic carbocycles. The molecule has 9 heteroatoms. The quantitative estimate of drug-likeness (QED) is 0.280. The molecule has 2 unspecified atom stereocenters. The molecular formula is C23H33N3OY5-2. The Hall–Kier alpha value is 3.09. The first kappa shape index (κ1) is 45.0. The molecule has 3 aromatic rings. The number of hydrogen-bond donors (Lipinski definition) is 4. The minimum absolute atomic E-state index is 0. The predicted octanol–water partition coefficient (Wildman–Crippen LogP) is 5.01. The fraction of sp³-hybridized carbons (Fsp3) is 0.304. The summed E-state index contributed by atoms with van der Waals surface area (Å²) in [6, 6.07) is 14.0. The zero-order valence-corrected chi connectivity index (χ0v) is 34.1. The normalized spacial score (nSPS) is 10.3. The standard InChI is InChI=1S/C11H17NO.C10H10N2.C2H6.5Y/c1-7-4-5-10(6-11(7)13)8(2)9(3)12;11-6-5-8-7-12-10-4-2-1-3-9(8)10;1-2;;;;;/h4-6,8-9,13H,12H2,1-3H3;1-7,12H,11H2;1-2H3;;;;;/q;-2;;;;;;. The molecule has 0 aliphatic heterocycles. The van der Waals surface area contributed by atoms with Crippen LogP contribution in [0, 0.1) is 19.9 Å². The number of phenolic OH excluding ortho intramolecular Hbond substituents is 1. The monoisotopic (exact) mass is 812 g/mol. The average Bonchev–Trinajstić information content (AvgIpc) is 3.09. The summed E-state index contributed by atoms with van der Waals surface area (Å²) >= 11 is 0. The summed E-state index contributed by atoms with van der Waals surface area (Å²) in [5.41, 5.74) is 15.4. The van der Waals surface area contributed by atoms with Crippen LogP contribution in [0.25, 0.3) is 10.9 Å². The molecule has 5 radical (unpaired) electrons. The first-order valence-electron chi connectivity index (χ1n) is 9.43. The number of para-hydroxylation sites is 1. The van der Waals surface area contributed by atoms with Gasteiger partial charge in [-0.15, -0.1) is 17.6 Å². The van der Waals surface area contributed by atoms with Crippen LogP contribution in [0.5, 0.6) is 5.75 Å². The van der Waals surface area contributed by atoms with Crippen molar-refractivity contribution in [3.8, 4) is 5.75 Å². The maximum Gasteiger partial charge on any atom is 0.118 e. The van der Waals surface area contributed by atoms with Crippen molar-refractivity contribution >= 4 is 10.9 Å². The van der Waals surface area contributed by atoms with Gasteiger partial charge < -0.3 is 34.5 Å².